The maximum Gasteiger partial charge on any atom is 0.325 e. The third-order valence-electron chi connectivity index (χ3n) is 7.88. The molecule has 5 rings (SSSR count). The summed E-state index contributed by atoms with van der Waals surface area (Å²) < 4.78 is 0. The topological polar surface area (TPSA) is 26.8 Å². The molecule has 33 heavy (non-hydrogen) atoms. The number of benzene rings is 2. The van der Waals surface area contributed by atoms with Gasteiger partial charge in [0.2, 0.25) is 0 Å². The predicted octanol–water partition coefficient (Wildman–Crippen LogP) is 6.50. The summed E-state index contributed by atoms with van der Waals surface area (Å²) >= 11 is 0. The number of hydrogen-bond donors (Lipinski definition) is 0. The van der Waals surface area contributed by atoms with Gasteiger partial charge in [0.1, 0.15) is 0 Å². The van der Waals surface area contributed by atoms with Gasteiger partial charge in [0.15, 0.2) is 0 Å². The molecule has 1 atom stereocenters. The summed E-state index contributed by atoms with van der Waals surface area (Å²) in [5.41, 5.74) is 3.54. The van der Waals surface area contributed by atoms with Gasteiger partial charge in [-0.1, -0.05) is 67.8 Å². The fraction of sp³-hybridized carbons (Fsp3) is 0.536. The van der Waals surface area contributed by atoms with Gasteiger partial charge >= 0.3 is 6.03 Å². The van der Waals surface area contributed by atoms with Gasteiger partial charge in [-0.3, -0.25) is 4.90 Å². The van der Waals surface area contributed by atoms with Crippen LogP contribution in [0, 0.1) is 5.92 Å². The van der Waals surface area contributed by atoms with Crippen molar-refractivity contribution < 1.29 is 4.79 Å². The first-order valence-corrected chi connectivity index (χ1v) is 12.7. The number of halogens is 1. The van der Waals surface area contributed by atoms with Gasteiger partial charge in [-0.2, -0.15) is 0 Å². The maximum absolute atomic E-state index is 13.8. The number of hydrogen-bond acceptors (Lipinski definition) is 2. The zero-order valence-corrected chi connectivity index (χ0v) is 20.7. The molecule has 1 aliphatic carbocycles. The Hall–Kier alpha value is -2.04. The van der Waals surface area contributed by atoms with Crippen molar-refractivity contribution in [1.29, 1.82) is 0 Å². The van der Waals surface area contributed by atoms with E-state index in [0.717, 1.165) is 37.5 Å². The Morgan fingerprint density at radius 2 is 1.52 bits per heavy atom. The molecule has 0 spiro atoms. The highest BCUT2D eigenvalue weighted by Gasteiger charge is 2.42. The van der Waals surface area contributed by atoms with Crippen LogP contribution in [0.4, 0.5) is 10.5 Å². The van der Waals surface area contributed by atoms with Crippen LogP contribution in [-0.2, 0) is 0 Å². The summed E-state index contributed by atoms with van der Waals surface area (Å²) in [6, 6.07) is 19.6. The molecule has 4 nitrogen and oxygen atoms in total. The molecule has 178 valence electrons. The lowest BCUT2D eigenvalue weighted by Crippen LogP contribution is -2.56. The summed E-state index contributed by atoms with van der Waals surface area (Å²) in [7, 11) is 0. The number of carbonyl (C=O) groups is 1. The zero-order valence-electron chi connectivity index (χ0n) is 19.9. The zero-order chi connectivity index (χ0) is 21.9. The van der Waals surface area contributed by atoms with Crippen molar-refractivity contribution in [3.05, 3.63) is 65.7 Å². The second-order valence-electron chi connectivity index (χ2n) is 9.84. The molecule has 2 fully saturated rings. The van der Waals surface area contributed by atoms with Crippen molar-refractivity contribution in [2.75, 3.05) is 31.1 Å². The predicted molar refractivity (Wildman–Crippen MR) is 138 cm³/mol. The van der Waals surface area contributed by atoms with Crippen LogP contribution < -0.4 is 4.90 Å². The highest BCUT2D eigenvalue weighted by molar-refractivity contribution is 5.96. The van der Waals surface area contributed by atoms with Crippen LogP contribution in [0.5, 0.6) is 0 Å². The van der Waals surface area contributed by atoms with Crippen LogP contribution in [0.2, 0.25) is 0 Å². The highest BCUT2D eigenvalue weighted by Crippen LogP contribution is 2.43. The second kappa shape index (κ2) is 10.9. The van der Waals surface area contributed by atoms with Crippen LogP contribution in [0.1, 0.15) is 69.0 Å². The summed E-state index contributed by atoms with van der Waals surface area (Å²) in [5, 5.41) is 0. The Morgan fingerprint density at radius 1 is 0.848 bits per heavy atom. The lowest BCUT2D eigenvalue weighted by molar-refractivity contribution is 0.0928. The monoisotopic (exact) mass is 467 g/mol. The molecule has 3 aliphatic rings. The number of rotatable bonds is 5. The van der Waals surface area contributed by atoms with Crippen molar-refractivity contribution in [3.8, 4) is 0 Å². The fourth-order valence-electron chi connectivity index (χ4n) is 6.23. The van der Waals surface area contributed by atoms with E-state index in [2.05, 4.69) is 71.3 Å². The molecule has 2 aliphatic heterocycles. The smallest absolute Gasteiger partial charge is 0.310 e. The Morgan fingerprint density at radius 3 is 2.21 bits per heavy atom. The Bertz CT molecular complexity index is 906. The fourth-order valence-corrected chi connectivity index (χ4v) is 6.23. The number of para-hydroxylation sites is 1. The normalized spacial score (nSPS) is 22.7. The van der Waals surface area contributed by atoms with E-state index in [1.54, 1.807) is 0 Å². The van der Waals surface area contributed by atoms with Crippen molar-refractivity contribution in [1.82, 2.24) is 9.80 Å². The van der Waals surface area contributed by atoms with E-state index in [0.29, 0.717) is 6.54 Å². The van der Waals surface area contributed by atoms with Gasteiger partial charge in [0.05, 0.1) is 11.7 Å². The van der Waals surface area contributed by atoms with E-state index < -0.39 is 0 Å². The van der Waals surface area contributed by atoms with Crippen LogP contribution >= 0.6 is 12.4 Å². The SMILES string of the molecule is CCN1C(=O)N(C2CCN(CC3CCCCC3)CC2)C(c2ccccc2)c2ccccc21.Cl. The number of nitrogens with zero attached hydrogens (tertiary/aromatic N) is 3. The molecule has 1 saturated heterocycles. The average molecular weight is 468 g/mol. The van der Waals surface area contributed by atoms with Crippen molar-refractivity contribution in [2.45, 2.75) is 64.0 Å². The van der Waals surface area contributed by atoms with Crippen LogP contribution in [0.3, 0.4) is 0 Å². The summed E-state index contributed by atoms with van der Waals surface area (Å²) in [4.78, 5) is 20.7. The Balaban J connectivity index is 0.00000259. The first-order chi connectivity index (χ1) is 15.8. The maximum atomic E-state index is 13.8. The number of carbonyl (C=O) groups excluding carboxylic acids is 1. The average Bonchev–Trinajstić information content (AvgIpc) is 2.85. The van der Waals surface area contributed by atoms with Crippen molar-refractivity contribution in [2.24, 2.45) is 5.92 Å². The molecule has 0 radical (unpaired) electrons. The summed E-state index contributed by atoms with van der Waals surface area (Å²) in [5.74, 6) is 0.886. The molecule has 1 unspecified atom stereocenters. The number of anilines is 1. The van der Waals surface area contributed by atoms with Gasteiger partial charge in [0, 0.05) is 37.8 Å². The molecule has 0 bridgehead atoms. The molecular weight excluding hydrogens is 430 g/mol. The standard InChI is InChI=1S/C28H37N3O.ClH/c1-2-30-26-16-10-9-15-25(26)27(23-13-7-4-8-14-23)31(28(30)32)24-17-19-29(20-18-24)21-22-11-5-3-6-12-22;/h4,7-10,13-16,22,24,27H,2-3,5-6,11-12,17-21H2,1H3;1H. The number of urea groups is 1. The van der Waals surface area contributed by atoms with Gasteiger partial charge < -0.3 is 9.80 Å². The molecule has 2 amide bonds. The molecule has 1 saturated carbocycles. The van der Waals surface area contributed by atoms with E-state index in [1.807, 2.05) is 4.90 Å². The first kappa shape index (κ1) is 24.1. The van der Waals surface area contributed by atoms with Crippen molar-refractivity contribution in [3.63, 3.8) is 0 Å². The number of fused-ring (bicyclic) bond motifs is 1. The van der Waals surface area contributed by atoms with Crippen LogP contribution in [-0.4, -0.2) is 48.1 Å². The number of likely N-dealkylation sites (tertiary alicyclic amines) is 1. The van der Waals surface area contributed by atoms with E-state index in [9.17, 15) is 4.79 Å². The number of amides is 2. The van der Waals surface area contributed by atoms with Gasteiger partial charge in [-0.25, -0.2) is 4.79 Å². The first-order valence-electron chi connectivity index (χ1n) is 12.7. The van der Waals surface area contributed by atoms with Crippen LogP contribution in [0.25, 0.3) is 0 Å². The van der Waals surface area contributed by atoms with E-state index in [1.165, 1.54) is 49.8 Å². The molecule has 2 aromatic carbocycles. The highest BCUT2D eigenvalue weighted by atomic mass is 35.5. The van der Waals surface area contributed by atoms with E-state index in [-0.39, 0.29) is 30.5 Å². The van der Waals surface area contributed by atoms with Gasteiger partial charge in [0.25, 0.3) is 0 Å². The third-order valence-corrected chi connectivity index (χ3v) is 7.88. The quantitative estimate of drug-likeness (QED) is 0.501. The number of piperidine rings is 1. The van der Waals surface area contributed by atoms with Crippen LogP contribution in [0.15, 0.2) is 54.6 Å². The second-order valence-corrected chi connectivity index (χ2v) is 9.84. The minimum atomic E-state index is -0.00223. The molecule has 0 N–H and O–H groups in total. The summed E-state index contributed by atoms with van der Waals surface area (Å²) in [6.07, 6.45) is 9.20. The Labute approximate surface area is 205 Å². The van der Waals surface area contributed by atoms with Gasteiger partial charge in [-0.15, -0.1) is 12.4 Å². The minimum absolute atomic E-state index is 0. The molecule has 2 aromatic rings. The van der Waals surface area contributed by atoms with Crippen molar-refractivity contribution >= 4 is 24.1 Å². The Kier molecular flexibility index (Phi) is 7.98. The van der Waals surface area contributed by atoms with E-state index >= 15 is 0 Å². The lowest BCUT2D eigenvalue weighted by Gasteiger charge is -2.48. The lowest BCUT2D eigenvalue weighted by atomic mass is 9.87. The molecule has 2 heterocycles. The molecular formula is C28H38ClN3O. The molecule has 0 aromatic heterocycles. The summed E-state index contributed by atoms with van der Waals surface area (Å²) in [6.45, 7) is 6.27. The largest absolute Gasteiger partial charge is 0.325 e. The molecule has 5 heteroatoms. The van der Waals surface area contributed by atoms with Gasteiger partial charge in [-0.05, 0) is 50.2 Å². The third kappa shape index (κ3) is 4.93. The van der Waals surface area contributed by atoms with E-state index in [4.69, 9.17) is 0 Å². The minimum Gasteiger partial charge on any atom is -0.310 e.